The fourth-order valence-corrected chi connectivity index (χ4v) is 0.209. The molecule has 1 aliphatic rings. The van der Waals surface area contributed by atoms with E-state index in [4.69, 9.17) is 14.6 Å². The Morgan fingerprint density at radius 2 is 1.53 bits per heavy atom. The molecule has 1 aliphatic heterocycles. The minimum Gasteiger partial charge on any atom is -0.394 e. The van der Waals surface area contributed by atoms with Crippen LogP contribution in [0.3, 0.4) is 0 Å². The molecule has 0 aromatic heterocycles. The highest BCUT2D eigenvalue weighted by Crippen LogP contribution is 1.84. The lowest BCUT2D eigenvalue weighted by atomic mass is 10.8. The molecule has 1 heterocycles. The highest BCUT2D eigenvalue weighted by molar-refractivity contribution is 5.10. The first-order valence-corrected chi connectivity index (χ1v) is 3.47. The zero-order valence-electron chi connectivity index (χ0n) is 6.91. The molecule has 0 amide bonds. The van der Waals surface area contributed by atoms with Crippen LogP contribution in [0.2, 0.25) is 0 Å². The maximum Gasteiger partial charge on any atom is 0.106 e. The number of rotatable bonds is 3. The highest BCUT2D eigenvalue weighted by Gasteiger charge is 1.94. The number of carbonyl (C=O) groups excluding carboxylic acids is 1. The van der Waals surface area contributed by atoms with Crippen LogP contribution in [0.4, 0.5) is 0 Å². The van der Waals surface area contributed by atoms with Gasteiger partial charge in [0.1, 0.15) is 6.79 Å². The van der Waals surface area contributed by atoms with Gasteiger partial charge in [0.15, 0.2) is 0 Å². The van der Waals surface area contributed by atoms with Gasteiger partial charge in [-0.05, 0) is 6.92 Å². The normalized spacial score (nSPS) is 8.67. The first-order valence-electron chi connectivity index (χ1n) is 3.47. The quantitative estimate of drug-likeness (QED) is 0.595. The summed E-state index contributed by atoms with van der Waals surface area (Å²) in [6, 6.07) is 0. The van der Waals surface area contributed by atoms with E-state index in [1.54, 1.807) is 0 Å². The second-order valence-corrected chi connectivity index (χ2v) is 1.53. The van der Waals surface area contributed by atoms with E-state index in [0.29, 0.717) is 13.2 Å². The summed E-state index contributed by atoms with van der Waals surface area (Å²) in [5.41, 5.74) is 0. The third-order valence-corrected chi connectivity index (χ3v) is 0.644. The van der Waals surface area contributed by atoms with Crippen molar-refractivity contribution in [3.05, 3.63) is 0 Å². The molecule has 1 N–H and O–H groups in total. The van der Waals surface area contributed by atoms with Crippen molar-refractivity contribution in [2.45, 2.75) is 36.6 Å². The number of hydrogen-bond donors (Lipinski definition) is 1. The predicted octanol–water partition coefficient (Wildman–Crippen LogP) is 2.39. The summed E-state index contributed by atoms with van der Waals surface area (Å²) >= 11 is 0. The Morgan fingerprint density at radius 1 is 1.20 bits per heavy atom. The molecule has 0 aliphatic carbocycles. The minimum absolute atomic E-state index is 0. The first kappa shape index (κ1) is 36.5. The first-order chi connectivity index (χ1) is 5.41. The van der Waals surface area contributed by atoms with Crippen molar-refractivity contribution in [3.63, 3.8) is 0 Å². The van der Waals surface area contributed by atoms with Crippen LogP contribution in [0.5, 0.6) is 0 Å². The Balaban J connectivity index is -0.0000000199. The van der Waals surface area contributed by atoms with Crippen molar-refractivity contribution in [2.24, 2.45) is 0 Å². The van der Waals surface area contributed by atoms with Crippen molar-refractivity contribution < 1.29 is 19.4 Å². The van der Waals surface area contributed by atoms with Crippen molar-refractivity contribution in [3.8, 4) is 0 Å². The topological polar surface area (TPSA) is 59.1 Å². The molecule has 0 radical (unpaired) electrons. The molecular weight excluding hydrogens is 196 g/mol. The van der Waals surface area contributed by atoms with Crippen LogP contribution in [-0.4, -0.2) is 44.9 Å². The molecule has 0 spiro atoms. The van der Waals surface area contributed by atoms with Crippen LogP contribution in [0, 0.1) is 0 Å². The van der Waals surface area contributed by atoms with E-state index in [0.717, 1.165) is 13.2 Å². The molecule has 4 heteroatoms. The fraction of sp³-hybridized carbons (Fsp3) is 0.909. The molecule has 1 rings (SSSR count). The summed E-state index contributed by atoms with van der Waals surface area (Å²) in [5.74, 6) is 0. The van der Waals surface area contributed by atoms with Crippen molar-refractivity contribution in [1.29, 1.82) is 0 Å². The number of aliphatic hydroxyl groups is 1. The average Bonchev–Trinajstić information content (AvgIpc) is 2.90. The molecule has 0 aromatic rings. The van der Waals surface area contributed by atoms with Gasteiger partial charge in [-0.15, -0.1) is 0 Å². The van der Waals surface area contributed by atoms with E-state index in [9.17, 15) is 0 Å². The van der Waals surface area contributed by atoms with Crippen LogP contribution in [0.25, 0.3) is 0 Å². The van der Waals surface area contributed by atoms with Gasteiger partial charge < -0.3 is 19.4 Å². The lowest BCUT2D eigenvalue weighted by molar-refractivity contribution is -0.0979. The van der Waals surface area contributed by atoms with Crippen LogP contribution < -0.4 is 0 Å². The van der Waals surface area contributed by atoms with Gasteiger partial charge >= 0.3 is 0 Å². The van der Waals surface area contributed by atoms with Crippen molar-refractivity contribution in [1.82, 2.24) is 0 Å². The Kier molecular flexibility index (Phi) is 121. The Morgan fingerprint density at radius 3 is 1.60 bits per heavy atom. The zero-order valence-corrected chi connectivity index (χ0v) is 6.91. The van der Waals surface area contributed by atoms with Gasteiger partial charge in [-0.3, -0.25) is 0 Å². The molecule has 0 atom stereocenters. The number of ether oxygens (including phenoxy) is 2. The van der Waals surface area contributed by atoms with Crippen LogP contribution in [-0.2, 0) is 14.3 Å². The van der Waals surface area contributed by atoms with Gasteiger partial charge in [-0.2, -0.15) is 0 Å². The summed E-state index contributed by atoms with van der Waals surface area (Å²) in [6.45, 7) is 7.20. The van der Waals surface area contributed by atoms with Gasteiger partial charge in [0, 0.05) is 6.61 Å². The lowest BCUT2D eigenvalue weighted by Gasteiger charge is -1.91. The maximum atomic E-state index is 8.07. The molecule has 100 valence electrons. The number of epoxide rings is 1. The van der Waals surface area contributed by atoms with Gasteiger partial charge in [0.2, 0.25) is 0 Å². The third-order valence-electron chi connectivity index (χ3n) is 0.644. The van der Waals surface area contributed by atoms with Gasteiger partial charge in [0.05, 0.1) is 26.4 Å². The SMILES string of the molecule is C.C.C.C.C1CO1.C=O.CCOCCO. The molecule has 0 unspecified atom stereocenters. The molecule has 0 bridgehead atoms. The molecule has 1 fully saturated rings. The van der Waals surface area contributed by atoms with E-state index in [2.05, 4.69) is 4.74 Å². The van der Waals surface area contributed by atoms with E-state index < -0.39 is 0 Å². The second-order valence-electron chi connectivity index (χ2n) is 1.53. The van der Waals surface area contributed by atoms with Gasteiger partial charge in [-0.25, -0.2) is 0 Å². The molecule has 0 saturated carbocycles. The highest BCUT2D eigenvalue weighted by atomic mass is 16.6. The van der Waals surface area contributed by atoms with E-state index in [-0.39, 0.29) is 36.3 Å². The van der Waals surface area contributed by atoms with E-state index in [1.807, 2.05) is 13.7 Å². The maximum absolute atomic E-state index is 8.07. The average molecular weight is 228 g/mol. The van der Waals surface area contributed by atoms with E-state index in [1.165, 1.54) is 0 Å². The predicted molar refractivity (Wildman–Crippen MR) is 68.4 cm³/mol. The monoisotopic (exact) mass is 228 g/mol. The third kappa shape index (κ3) is 143. The van der Waals surface area contributed by atoms with Gasteiger partial charge in [0.25, 0.3) is 0 Å². The van der Waals surface area contributed by atoms with Crippen LogP contribution in [0.1, 0.15) is 36.6 Å². The fourth-order valence-electron chi connectivity index (χ4n) is 0.209. The molecule has 15 heavy (non-hydrogen) atoms. The van der Waals surface area contributed by atoms with Crippen LogP contribution >= 0.6 is 0 Å². The Hall–Kier alpha value is -0.450. The summed E-state index contributed by atoms with van der Waals surface area (Å²) in [4.78, 5) is 8.00. The molecule has 4 nitrogen and oxygen atoms in total. The minimum atomic E-state index is 0. The molecule has 1 saturated heterocycles. The van der Waals surface area contributed by atoms with Crippen LogP contribution in [0.15, 0.2) is 0 Å². The number of carbonyl (C=O) groups is 1. The summed E-state index contributed by atoms with van der Waals surface area (Å²) in [6.07, 6.45) is 0. The van der Waals surface area contributed by atoms with E-state index >= 15 is 0 Å². The molecular formula is C11H32O4. The van der Waals surface area contributed by atoms with Gasteiger partial charge in [-0.1, -0.05) is 29.7 Å². The van der Waals surface area contributed by atoms with Crippen molar-refractivity contribution in [2.75, 3.05) is 33.0 Å². The second kappa shape index (κ2) is 49.7. The summed E-state index contributed by atoms with van der Waals surface area (Å²) in [7, 11) is 0. The molecule has 0 aromatic carbocycles. The summed E-state index contributed by atoms with van der Waals surface area (Å²) < 4.78 is 9.23. The standard InChI is InChI=1S/C4H10O2.C2H4O.CH2O.4CH4/c1-2-6-4-3-5;1-2-3-1;1-2;;;;/h5H,2-4H2,1H3;1-2H2;1H2;4*1H4. The lowest BCUT2D eigenvalue weighted by Crippen LogP contribution is -1.96. The smallest absolute Gasteiger partial charge is 0.106 e. The summed E-state index contributed by atoms with van der Waals surface area (Å²) in [5, 5.41) is 8.07. The zero-order chi connectivity index (χ0) is 8.95. The largest absolute Gasteiger partial charge is 0.394 e. The number of hydrogen-bond acceptors (Lipinski definition) is 4. The number of aliphatic hydroxyl groups excluding tert-OH is 1. The Labute approximate surface area is 96.6 Å². The van der Waals surface area contributed by atoms with Crippen molar-refractivity contribution >= 4 is 6.79 Å². The Bertz CT molecular complexity index is 51.8.